The third-order valence-electron chi connectivity index (χ3n) is 4.88. The minimum Gasteiger partial charge on any atom is -0.368 e. The Morgan fingerprint density at radius 1 is 1.15 bits per heavy atom. The Balaban J connectivity index is 1.91. The SMILES string of the molecule is Cc1cccc(N2CCN(C(=O)C(C)(C)C(=O)NCCN(C)C)CC2)c1. The van der Waals surface area contributed by atoms with E-state index >= 15 is 0 Å². The van der Waals surface area contributed by atoms with Gasteiger partial charge in [0.15, 0.2) is 0 Å². The number of aryl methyl sites for hydroxylation is 1. The topological polar surface area (TPSA) is 55.9 Å². The van der Waals surface area contributed by atoms with Crippen LogP contribution in [0.3, 0.4) is 0 Å². The molecule has 1 N–H and O–H groups in total. The number of likely N-dealkylation sites (N-methyl/N-ethyl adjacent to an activating group) is 1. The van der Waals surface area contributed by atoms with Crippen molar-refractivity contribution in [3.8, 4) is 0 Å². The number of rotatable bonds is 6. The summed E-state index contributed by atoms with van der Waals surface area (Å²) in [5.41, 5.74) is 1.38. The van der Waals surface area contributed by atoms with E-state index in [0.717, 1.165) is 19.6 Å². The number of benzene rings is 1. The number of nitrogens with one attached hydrogen (secondary N) is 1. The zero-order valence-electron chi connectivity index (χ0n) is 16.7. The van der Waals surface area contributed by atoms with Crippen LogP contribution < -0.4 is 10.2 Å². The molecule has 0 unspecified atom stereocenters. The molecule has 1 aromatic carbocycles. The fourth-order valence-corrected chi connectivity index (χ4v) is 3.10. The molecule has 1 aliphatic rings. The average Bonchev–Trinajstić information content (AvgIpc) is 2.60. The predicted octanol–water partition coefficient (Wildman–Crippen LogP) is 1.35. The Hall–Kier alpha value is -2.08. The second-order valence-electron chi connectivity index (χ2n) is 7.80. The van der Waals surface area contributed by atoms with E-state index < -0.39 is 5.41 Å². The number of hydrogen-bond donors (Lipinski definition) is 1. The molecule has 0 spiro atoms. The zero-order valence-corrected chi connectivity index (χ0v) is 16.7. The molecule has 1 aliphatic heterocycles. The van der Waals surface area contributed by atoms with Crippen LogP contribution in [0.25, 0.3) is 0 Å². The molecule has 6 heteroatoms. The third kappa shape index (κ3) is 4.97. The molecule has 1 saturated heterocycles. The van der Waals surface area contributed by atoms with E-state index in [2.05, 4.69) is 41.4 Å². The lowest BCUT2D eigenvalue weighted by atomic mass is 9.90. The maximum atomic E-state index is 12.9. The fourth-order valence-electron chi connectivity index (χ4n) is 3.10. The summed E-state index contributed by atoms with van der Waals surface area (Å²) < 4.78 is 0. The minimum atomic E-state index is -1.04. The lowest BCUT2D eigenvalue weighted by molar-refractivity contribution is -0.148. The van der Waals surface area contributed by atoms with Crippen molar-refractivity contribution >= 4 is 17.5 Å². The summed E-state index contributed by atoms with van der Waals surface area (Å²) in [6.07, 6.45) is 0. The van der Waals surface area contributed by atoms with Crippen molar-refractivity contribution in [2.45, 2.75) is 20.8 Å². The Morgan fingerprint density at radius 3 is 2.38 bits per heavy atom. The van der Waals surface area contributed by atoms with Crippen molar-refractivity contribution < 1.29 is 9.59 Å². The summed E-state index contributed by atoms with van der Waals surface area (Å²) in [7, 11) is 3.91. The van der Waals surface area contributed by atoms with Crippen LogP contribution in [0.5, 0.6) is 0 Å². The number of anilines is 1. The molecule has 26 heavy (non-hydrogen) atoms. The normalized spacial score (nSPS) is 15.3. The maximum absolute atomic E-state index is 12.9. The van der Waals surface area contributed by atoms with Crippen molar-refractivity contribution in [1.82, 2.24) is 15.1 Å². The summed E-state index contributed by atoms with van der Waals surface area (Å²) in [4.78, 5) is 31.5. The van der Waals surface area contributed by atoms with Gasteiger partial charge < -0.3 is 20.0 Å². The fraction of sp³-hybridized carbons (Fsp3) is 0.600. The second-order valence-corrected chi connectivity index (χ2v) is 7.80. The van der Waals surface area contributed by atoms with Gasteiger partial charge in [-0.2, -0.15) is 0 Å². The van der Waals surface area contributed by atoms with Crippen molar-refractivity contribution in [2.24, 2.45) is 5.41 Å². The zero-order chi connectivity index (χ0) is 19.3. The van der Waals surface area contributed by atoms with Gasteiger partial charge in [0, 0.05) is 45.0 Å². The third-order valence-corrected chi connectivity index (χ3v) is 4.88. The molecule has 2 amide bonds. The van der Waals surface area contributed by atoms with Crippen molar-refractivity contribution in [3.63, 3.8) is 0 Å². The Kier molecular flexibility index (Phi) is 6.64. The molecule has 0 radical (unpaired) electrons. The highest BCUT2D eigenvalue weighted by Gasteiger charge is 2.39. The summed E-state index contributed by atoms with van der Waals surface area (Å²) in [6.45, 7) is 9.67. The van der Waals surface area contributed by atoms with E-state index in [9.17, 15) is 9.59 Å². The average molecular weight is 361 g/mol. The molecular weight excluding hydrogens is 328 g/mol. The van der Waals surface area contributed by atoms with Crippen LogP contribution in [0.1, 0.15) is 19.4 Å². The van der Waals surface area contributed by atoms with Gasteiger partial charge in [0.05, 0.1) is 0 Å². The van der Waals surface area contributed by atoms with Crippen LogP contribution in [0, 0.1) is 12.3 Å². The number of carbonyl (C=O) groups excluding carboxylic acids is 2. The minimum absolute atomic E-state index is 0.0938. The maximum Gasteiger partial charge on any atom is 0.237 e. The largest absolute Gasteiger partial charge is 0.368 e. The van der Waals surface area contributed by atoms with Gasteiger partial charge in [-0.25, -0.2) is 0 Å². The summed E-state index contributed by atoms with van der Waals surface area (Å²) in [5, 5.41) is 2.88. The van der Waals surface area contributed by atoms with E-state index in [4.69, 9.17) is 0 Å². The van der Waals surface area contributed by atoms with Crippen molar-refractivity contribution in [2.75, 3.05) is 58.3 Å². The van der Waals surface area contributed by atoms with E-state index in [1.807, 2.05) is 23.9 Å². The first kappa shape index (κ1) is 20.2. The van der Waals surface area contributed by atoms with Crippen LogP contribution in [0.15, 0.2) is 24.3 Å². The lowest BCUT2D eigenvalue weighted by Gasteiger charge is -2.39. The number of nitrogens with zero attached hydrogens (tertiary/aromatic N) is 3. The van der Waals surface area contributed by atoms with Gasteiger partial charge in [-0.1, -0.05) is 12.1 Å². The van der Waals surface area contributed by atoms with Crippen LogP contribution in [-0.2, 0) is 9.59 Å². The molecule has 1 aromatic rings. The molecule has 0 aromatic heterocycles. The summed E-state index contributed by atoms with van der Waals surface area (Å²) in [5.74, 6) is -0.297. The monoisotopic (exact) mass is 360 g/mol. The Labute approximate surface area is 157 Å². The molecule has 1 heterocycles. The summed E-state index contributed by atoms with van der Waals surface area (Å²) in [6, 6.07) is 8.41. The standard InChI is InChI=1S/C20H32N4O2/c1-16-7-6-8-17(15-16)23-11-13-24(14-12-23)19(26)20(2,3)18(25)21-9-10-22(4)5/h6-8,15H,9-14H2,1-5H3,(H,21,25). The number of amides is 2. The van der Waals surface area contributed by atoms with Gasteiger partial charge in [-0.05, 0) is 52.6 Å². The smallest absolute Gasteiger partial charge is 0.237 e. The van der Waals surface area contributed by atoms with Crippen molar-refractivity contribution in [3.05, 3.63) is 29.8 Å². The number of carbonyl (C=O) groups is 2. The highest BCUT2D eigenvalue weighted by molar-refractivity contribution is 6.04. The van der Waals surface area contributed by atoms with E-state index in [1.165, 1.54) is 11.3 Å². The van der Waals surface area contributed by atoms with E-state index in [0.29, 0.717) is 19.6 Å². The first-order valence-corrected chi connectivity index (χ1v) is 9.26. The molecule has 1 fully saturated rings. The lowest BCUT2D eigenvalue weighted by Crippen LogP contribution is -2.55. The molecule has 0 aliphatic carbocycles. The molecule has 6 nitrogen and oxygen atoms in total. The van der Waals surface area contributed by atoms with Gasteiger partial charge in [0.25, 0.3) is 0 Å². The van der Waals surface area contributed by atoms with Crippen LogP contribution >= 0.6 is 0 Å². The van der Waals surface area contributed by atoms with Gasteiger partial charge in [0.1, 0.15) is 5.41 Å². The Bertz CT molecular complexity index is 634. The van der Waals surface area contributed by atoms with Gasteiger partial charge in [0.2, 0.25) is 11.8 Å². The summed E-state index contributed by atoms with van der Waals surface area (Å²) >= 11 is 0. The molecular formula is C20H32N4O2. The van der Waals surface area contributed by atoms with Crippen LogP contribution in [0.4, 0.5) is 5.69 Å². The highest BCUT2D eigenvalue weighted by Crippen LogP contribution is 2.23. The Morgan fingerprint density at radius 2 is 1.81 bits per heavy atom. The predicted molar refractivity (Wildman–Crippen MR) is 105 cm³/mol. The van der Waals surface area contributed by atoms with Crippen LogP contribution in [0.2, 0.25) is 0 Å². The van der Waals surface area contributed by atoms with Gasteiger partial charge >= 0.3 is 0 Å². The second kappa shape index (κ2) is 8.54. The molecule has 0 bridgehead atoms. The first-order chi connectivity index (χ1) is 12.2. The molecule has 2 rings (SSSR count). The van der Waals surface area contributed by atoms with E-state index in [-0.39, 0.29) is 11.8 Å². The quantitative estimate of drug-likeness (QED) is 0.778. The highest BCUT2D eigenvalue weighted by atomic mass is 16.2. The van der Waals surface area contributed by atoms with Crippen molar-refractivity contribution in [1.29, 1.82) is 0 Å². The van der Waals surface area contributed by atoms with Crippen LogP contribution in [-0.4, -0.2) is 75.0 Å². The number of hydrogen-bond acceptors (Lipinski definition) is 4. The first-order valence-electron chi connectivity index (χ1n) is 9.26. The van der Waals surface area contributed by atoms with Gasteiger partial charge in [-0.15, -0.1) is 0 Å². The van der Waals surface area contributed by atoms with E-state index in [1.54, 1.807) is 13.8 Å². The number of piperazine rings is 1. The van der Waals surface area contributed by atoms with Gasteiger partial charge in [-0.3, -0.25) is 9.59 Å². The molecule has 0 atom stereocenters. The molecule has 0 saturated carbocycles. The molecule has 144 valence electrons.